The normalized spacial score (nSPS) is 18.8. The van der Waals surface area contributed by atoms with Crippen LogP contribution in [0.15, 0.2) is 48.5 Å². The maximum Gasteiger partial charge on any atom is 0.325 e. The second-order valence-corrected chi connectivity index (χ2v) is 6.89. The highest BCUT2D eigenvalue weighted by molar-refractivity contribution is 6.09. The predicted molar refractivity (Wildman–Crippen MR) is 104 cm³/mol. The molecule has 1 aliphatic heterocycles. The summed E-state index contributed by atoms with van der Waals surface area (Å²) in [6.45, 7) is 3.50. The summed E-state index contributed by atoms with van der Waals surface area (Å²) in [7, 11) is 1.57. The number of rotatable bonds is 6. The Morgan fingerprint density at radius 2 is 1.89 bits per heavy atom. The van der Waals surface area contributed by atoms with Gasteiger partial charge in [-0.1, -0.05) is 36.4 Å². The van der Waals surface area contributed by atoms with Crippen molar-refractivity contribution in [2.75, 3.05) is 13.7 Å². The second-order valence-electron chi connectivity index (χ2n) is 6.89. The number of urea groups is 1. The topological polar surface area (TPSA) is 87.7 Å². The predicted octanol–water partition coefficient (Wildman–Crippen LogP) is 2.09. The third-order valence-electron chi connectivity index (χ3n) is 4.88. The first-order chi connectivity index (χ1) is 13.3. The molecule has 7 heteroatoms. The van der Waals surface area contributed by atoms with Gasteiger partial charge in [-0.3, -0.25) is 14.5 Å². The summed E-state index contributed by atoms with van der Waals surface area (Å²) < 4.78 is 5.25. The summed E-state index contributed by atoms with van der Waals surface area (Å²) >= 11 is 0. The molecule has 0 spiro atoms. The molecule has 1 atom stereocenters. The third-order valence-corrected chi connectivity index (χ3v) is 4.88. The van der Waals surface area contributed by atoms with Gasteiger partial charge >= 0.3 is 6.03 Å². The van der Waals surface area contributed by atoms with Crippen molar-refractivity contribution in [3.8, 4) is 5.75 Å². The van der Waals surface area contributed by atoms with Crippen LogP contribution in [-0.2, 0) is 21.7 Å². The van der Waals surface area contributed by atoms with Crippen LogP contribution < -0.4 is 15.4 Å². The van der Waals surface area contributed by atoms with Crippen LogP contribution in [0.4, 0.5) is 4.79 Å². The lowest BCUT2D eigenvalue weighted by Crippen LogP contribution is -2.43. The van der Waals surface area contributed by atoms with Crippen LogP contribution in [0.2, 0.25) is 0 Å². The minimum absolute atomic E-state index is 0.331. The summed E-state index contributed by atoms with van der Waals surface area (Å²) in [5.41, 5.74) is 1.19. The molecule has 1 heterocycles. The Morgan fingerprint density at radius 1 is 1.18 bits per heavy atom. The molecule has 2 aromatic rings. The maximum atomic E-state index is 12.9. The molecule has 0 bridgehead atoms. The van der Waals surface area contributed by atoms with Crippen molar-refractivity contribution in [1.29, 1.82) is 0 Å². The van der Waals surface area contributed by atoms with Crippen molar-refractivity contribution in [1.82, 2.24) is 15.5 Å². The smallest absolute Gasteiger partial charge is 0.325 e. The zero-order valence-corrected chi connectivity index (χ0v) is 16.1. The molecule has 2 N–H and O–H groups in total. The number of nitrogens with zero attached hydrogens (tertiary/aromatic N) is 1. The zero-order chi connectivity index (χ0) is 20.3. The number of imide groups is 1. The molecular weight excluding hydrogens is 358 g/mol. The minimum atomic E-state index is -1.23. The molecule has 0 aliphatic carbocycles. The van der Waals surface area contributed by atoms with E-state index in [4.69, 9.17) is 4.74 Å². The molecule has 7 nitrogen and oxygen atoms in total. The molecule has 0 radical (unpaired) electrons. The third kappa shape index (κ3) is 3.69. The minimum Gasteiger partial charge on any atom is -0.496 e. The van der Waals surface area contributed by atoms with Crippen LogP contribution >= 0.6 is 0 Å². The van der Waals surface area contributed by atoms with Crippen LogP contribution in [-0.4, -0.2) is 36.4 Å². The summed E-state index contributed by atoms with van der Waals surface area (Å²) in [5, 5.41) is 5.44. The summed E-state index contributed by atoms with van der Waals surface area (Å²) in [4.78, 5) is 38.5. The van der Waals surface area contributed by atoms with Gasteiger partial charge in [-0.05, 0) is 42.7 Å². The van der Waals surface area contributed by atoms with Gasteiger partial charge in [-0.2, -0.15) is 0 Å². The number of hydrogen-bond acceptors (Lipinski definition) is 4. The van der Waals surface area contributed by atoms with Gasteiger partial charge in [0.25, 0.3) is 5.91 Å². The fourth-order valence-corrected chi connectivity index (χ4v) is 3.22. The maximum absolute atomic E-state index is 12.9. The van der Waals surface area contributed by atoms with Crippen LogP contribution in [0.3, 0.4) is 0 Å². The standard InChI is InChI=1S/C21H23N3O4/c1-14-11-16(9-10-17(14)28-3)21(2)19(26)24(20(27)23-21)13-18(25)22-12-15-7-5-4-6-8-15/h4-11H,12-13H2,1-3H3,(H,22,25)(H,23,27). The molecule has 0 saturated carbocycles. The SMILES string of the molecule is COc1ccc(C2(C)NC(=O)N(CC(=O)NCc3ccccc3)C2=O)cc1C. The van der Waals surface area contributed by atoms with Gasteiger partial charge in [-0.25, -0.2) is 4.79 Å². The van der Waals surface area contributed by atoms with Gasteiger partial charge < -0.3 is 15.4 Å². The molecule has 1 fully saturated rings. The second kappa shape index (κ2) is 7.72. The van der Waals surface area contributed by atoms with Crippen molar-refractivity contribution >= 4 is 17.8 Å². The number of carbonyl (C=O) groups is 3. The molecule has 2 aromatic carbocycles. The molecular formula is C21H23N3O4. The Morgan fingerprint density at radius 3 is 2.54 bits per heavy atom. The number of carbonyl (C=O) groups excluding carboxylic acids is 3. The first-order valence-electron chi connectivity index (χ1n) is 8.95. The van der Waals surface area contributed by atoms with Crippen LogP contribution in [0, 0.1) is 6.92 Å². The quantitative estimate of drug-likeness (QED) is 0.750. The summed E-state index contributed by atoms with van der Waals surface area (Å²) in [6, 6.07) is 14.1. The van der Waals surface area contributed by atoms with Crippen LogP contribution in [0.5, 0.6) is 5.75 Å². The Hall–Kier alpha value is -3.35. The number of benzene rings is 2. The van der Waals surface area contributed by atoms with E-state index in [9.17, 15) is 14.4 Å². The molecule has 1 saturated heterocycles. The lowest BCUT2D eigenvalue weighted by Gasteiger charge is -2.23. The molecule has 1 unspecified atom stereocenters. The highest BCUT2D eigenvalue weighted by Crippen LogP contribution is 2.31. The monoisotopic (exact) mass is 381 g/mol. The highest BCUT2D eigenvalue weighted by atomic mass is 16.5. The Bertz CT molecular complexity index is 913. The van der Waals surface area contributed by atoms with Crippen molar-refractivity contribution in [2.24, 2.45) is 0 Å². The molecule has 28 heavy (non-hydrogen) atoms. The first-order valence-corrected chi connectivity index (χ1v) is 8.95. The lowest BCUT2D eigenvalue weighted by atomic mass is 9.90. The van der Waals surface area contributed by atoms with E-state index in [-0.39, 0.29) is 6.54 Å². The van der Waals surface area contributed by atoms with Crippen molar-refractivity contribution in [2.45, 2.75) is 25.9 Å². The number of methoxy groups -OCH3 is 1. The van der Waals surface area contributed by atoms with Gasteiger partial charge in [0.05, 0.1) is 7.11 Å². The number of ether oxygens (including phenoxy) is 1. The van der Waals surface area contributed by atoms with E-state index >= 15 is 0 Å². The van der Waals surface area contributed by atoms with Crippen molar-refractivity contribution in [3.05, 3.63) is 65.2 Å². The highest BCUT2D eigenvalue weighted by Gasteiger charge is 2.49. The molecule has 3 rings (SSSR count). The first kappa shape index (κ1) is 19.4. The van der Waals surface area contributed by atoms with Gasteiger partial charge in [0.1, 0.15) is 17.8 Å². The fourth-order valence-electron chi connectivity index (χ4n) is 3.22. The van der Waals surface area contributed by atoms with E-state index in [1.54, 1.807) is 32.2 Å². The average Bonchev–Trinajstić information content (AvgIpc) is 2.91. The molecule has 146 valence electrons. The van der Waals surface area contributed by atoms with E-state index in [2.05, 4.69) is 10.6 Å². The van der Waals surface area contributed by atoms with E-state index in [1.807, 2.05) is 37.3 Å². The number of nitrogens with one attached hydrogen (secondary N) is 2. The Labute approximate surface area is 163 Å². The lowest BCUT2D eigenvalue weighted by molar-refractivity contribution is -0.134. The number of aryl methyl sites for hydroxylation is 1. The van der Waals surface area contributed by atoms with Crippen LogP contribution in [0.25, 0.3) is 0 Å². The van der Waals surface area contributed by atoms with Gasteiger partial charge in [0.15, 0.2) is 0 Å². The van der Waals surface area contributed by atoms with Gasteiger partial charge in [0, 0.05) is 6.54 Å². The zero-order valence-electron chi connectivity index (χ0n) is 16.1. The Balaban J connectivity index is 1.70. The molecule has 1 aliphatic rings. The largest absolute Gasteiger partial charge is 0.496 e. The molecule has 0 aromatic heterocycles. The fraction of sp³-hybridized carbons (Fsp3) is 0.286. The Kier molecular flexibility index (Phi) is 5.35. The van der Waals surface area contributed by atoms with Crippen molar-refractivity contribution < 1.29 is 19.1 Å². The summed E-state index contributed by atoms with van der Waals surface area (Å²) in [6.07, 6.45) is 0. The van der Waals surface area contributed by atoms with Crippen molar-refractivity contribution in [3.63, 3.8) is 0 Å². The van der Waals surface area contributed by atoms with E-state index < -0.39 is 23.4 Å². The van der Waals surface area contributed by atoms with Gasteiger partial charge in [0.2, 0.25) is 5.91 Å². The number of hydrogen-bond donors (Lipinski definition) is 2. The molecule has 4 amide bonds. The summed E-state index contributed by atoms with van der Waals surface area (Å²) in [5.74, 6) is -0.166. The van der Waals surface area contributed by atoms with E-state index in [0.29, 0.717) is 17.9 Å². The van der Waals surface area contributed by atoms with Crippen LogP contribution in [0.1, 0.15) is 23.6 Å². The number of amides is 4. The van der Waals surface area contributed by atoms with E-state index in [0.717, 1.165) is 16.0 Å². The van der Waals surface area contributed by atoms with Gasteiger partial charge in [-0.15, -0.1) is 0 Å². The van der Waals surface area contributed by atoms with E-state index in [1.165, 1.54) is 0 Å². The average molecular weight is 381 g/mol.